The summed E-state index contributed by atoms with van der Waals surface area (Å²) >= 11 is 0. The maximum Gasteiger partial charge on any atom is 0.251 e. The molecule has 0 bridgehead atoms. The fourth-order valence-corrected chi connectivity index (χ4v) is 3.37. The first-order valence-electron chi connectivity index (χ1n) is 9.48. The third-order valence-corrected chi connectivity index (χ3v) is 4.91. The first-order valence-corrected chi connectivity index (χ1v) is 9.48. The molecule has 2 aromatic rings. The first-order chi connectivity index (χ1) is 14.0. The van der Waals surface area contributed by atoms with Crippen molar-refractivity contribution in [3.63, 3.8) is 0 Å². The molecule has 0 atom stereocenters. The van der Waals surface area contributed by atoms with Gasteiger partial charge in [-0.15, -0.1) is 24.0 Å². The van der Waals surface area contributed by atoms with Gasteiger partial charge in [0.05, 0.1) is 5.69 Å². The second kappa shape index (κ2) is 11.1. The van der Waals surface area contributed by atoms with Gasteiger partial charge in [0.25, 0.3) is 5.91 Å². The van der Waals surface area contributed by atoms with Crippen LogP contribution in [-0.2, 0) is 6.54 Å². The van der Waals surface area contributed by atoms with Crippen molar-refractivity contribution >= 4 is 41.5 Å². The van der Waals surface area contributed by atoms with Crippen LogP contribution in [0.2, 0.25) is 0 Å². The van der Waals surface area contributed by atoms with E-state index in [-0.39, 0.29) is 29.9 Å². The number of guanidine groups is 1. The number of nitrogens with one attached hydrogen (secondary N) is 2. The summed E-state index contributed by atoms with van der Waals surface area (Å²) in [5.41, 5.74) is 1.86. The predicted molar refractivity (Wildman–Crippen MR) is 126 cm³/mol. The number of aliphatic imine (C=N–C) groups is 1. The molecule has 30 heavy (non-hydrogen) atoms. The summed E-state index contributed by atoms with van der Waals surface area (Å²) in [5.74, 6) is -0.259. The predicted octanol–water partition coefficient (Wildman–Crippen LogP) is 2.84. The number of rotatable bonds is 4. The van der Waals surface area contributed by atoms with E-state index < -0.39 is 11.6 Å². The maximum absolute atomic E-state index is 14.0. The lowest BCUT2D eigenvalue weighted by atomic mass is 10.1. The molecule has 0 spiro atoms. The average Bonchev–Trinajstić information content (AvgIpc) is 2.76. The Morgan fingerprint density at radius 1 is 1.10 bits per heavy atom. The number of halogens is 3. The van der Waals surface area contributed by atoms with Crippen molar-refractivity contribution in [2.24, 2.45) is 4.99 Å². The molecule has 0 radical (unpaired) electrons. The Labute approximate surface area is 192 Å². The lowest BCUT2D eigenvalue weighted by molar-refractivity contribution is 0.0963. The molecular weight excluding hydrogens is 503 g/mol. The lowest BCUT2D eigenvalue weighted by Gasteiger charge is -2.37. The first kappa shape index (κ1) is 23.8. The normalized spacial score (nSPS) is 14.2. The van der Waals surface area contributed by atoms with Crippen LogP contribution in [0, 0.1) is 11.6 Å². The summed E-state index contributed by atoms with van der Waals surface area (Å²) in [4.78, 5) is 20.0. The third kappa shape index (κ3) is 5.80. The molecular formula is C21H26F2IN5O. The molecule has 0 aliphatic carbocycles. The van der Waals surface area contributed by atoms with Gasteiger partial charge >= 0.3 is 0 Å². The van der Waals surface area contributed by atoms with Crippen molar-refractivity contribution in [2.45, 2.75) is 6.54 Å². The average molecular weight is 529 g/mol. The van der Waals surface area contributed by atoms with Crippen LogP contribution in [0.5, 0.6) is 0 Å². The van der Waals surface area contributed by atoms with Gasteiger partial charge in [-0.05, 0) is 29.8 Å². The van der Waals surface area contributed by atoms with E-state index in [1.54, 1.807) is 20.2 Å². The smallest absolute Gasteiger partial charge is 0.251 e. The van der Waals surface area contributed by atoms with Crippen molar-refractivity contribution in [3.05, 3.63) is 65.2 Å². The van der Waals surface area contributed by atoms with Crippen molar-refractivity contribution in [1.29, 1.82) is 0 Å². The summed E-state index contributed by atoms with van der Waals surface area (Å²) in [5, 5.41) is 5.92. The molecule has 1 heterocycles. The molecule has 0 unspecified atom stereocenters. The molecule has 162 valence electrons. The molecule has 0 saturated carbocycles. The molecule has 1 amide bonds. The fourth-order valence-electron chi connectivity index (χ4n) is 3.37. The van der Waals surface area contributed by atoms with Gasteiger partial charge < -0.3 is 20.4 Å². The summed E-state index contributed by atoms with van der Waals surface area (Å²) < 4.78 is 27.5. The zero-order valence-electron chi connectivity index (χ0n) is 17.0. The maximum atomic E-state index is 14.0. The number of piperazine rings is 1. The van der Waals surface area contributed by atoms with Gasteiger partial charge in [0, 0.05) is 58.4 Å². The van der Waals surface area contributed by atoms with Gasteiger partial charge in [-0.1, -0.05) is 12.1 Å². The number of nitrogens with zero attached hydrogens (tertiary/aromatic N) is 3. The Hall–Kier alpha value is -2.43. The van der Waals surface area contributed by atoms with E-state index in [2.05, 4.69) is 20.5 Å². The van der Waals surface area contributed by atoms with Crippen LogP contribution in [0.15, 0.2) is 47.5 Å². The number of anilines is 1. The van der Waals surface area contributed by atoms with E-state index in [1.165, 1.54) is 6.07 Å². The Morgan fingerprint density at radius 2 is 1.83 bits per heavy atom. The monoisotopic (exact) mass is 529 g/mol. The largest absolute Gasteiger partial charge is 0.366 e. The molecule has 1 fully saturated rings. The number of carbonyl (C=O) groups is 1. The van der Waals surface area contributed by atoms with Gasteiger partial charge in [-0.25, -0.2) is 8.78 Å². The molecule has 1 aliphatic rings. The highest BCUT2D eigenvalue weighted by Crippen LogP contribution is 2.22. The van der Waals surface area contributed by atoms with Crippen molar-refractivity contribution < 1.29 is 13.6 Å². The Morgan fingerprint density at radius 3 is 2.50 bits per heavy atom. The second-order valence-electron chi connectivity index (χ2n) is 6.75. The zero-order valence-corrected chi connectivity index (χ0v) is 19.3. The standard InChI is InChI=1S/C21H25F2N5O.HI/c1-24-20(29)16-5-3-4-15(12-16)14-26-21(25-2)28-10-8-27(9-11-28)19-13-17(22)6-7-18(19)23;/h3-7,12-13H,8-11,14H2,1-2H3,(H,24,29)(H,25,26);1H. The van der Waals surface area contributed by atoms with Crippen molar-refractivity contribution in [1.82, 2.24) is 15.5 Å². The van der Waals surface area contributed by atoms with Crippen LogP contribution < -0.4 is 15.5 Å². The number of carbonyl (C=O) groups excluding carboxylic acids is 1. The Kier molecular flexibility index (Phi) is 8.82. The van der Waals surface area contributed by atoms with E-state index in [1.807, 2.05) is 23.1 Å². The van der Waals surface area contributed by atoms with Crippen molar-refractivity contribution in [3.8, 4) is 0 Å². The molecule has 2 aromatic carbocycles. The van der Waals surface area contributed by atoms with Crippen LogP contribution in [0.25, 0.3) is 0 Å². The summed E-state index contributed by atoms with van der Waals surface area (Å²) in [6.07, 6.45) is 0. The quantitative estimate of drug-likeness (QED) is 0.364. The molecule has 6 nitrogen and oxygen atoms in total. The minimum atomic E-state index is -0.444. The number of amides is 1. The van der Waals surface area contributed by atoms with Crippen LogP contribution in [0.4, 0.5) is 14.5 Å². The highest BCUT2D eigenvalue weighted by Gasteiger charge is 2.22. The van der Waals surface area contributed by atoms with Gasteiger partial charge in [0.15, 0.2) is 5.96 Å². The molecule has 0 aromatic heterocycles. The van der Waals surface area contributed by atoms with Crippen LogP contribution in [0.1, 0.15) is 15.9 Å². The van der Waals surface area contributed by atoms with Crippen LogP contribution in [0.3, 0.4) is 0 Å². The van der Waals surface area contributed by atoms with E-state index in [0.717, 1.165) is 23.7 Å². The highest BCUT2D eigenvalue weighted by molar-refractivity contribution is 14.0. The Balaban J connectivity index is 0.00000320. The van der Waals surface area contributed by atoms with Crippen molar-refractivity contribution in [2.75, 3.05) is 45.2 Å². The number of hydrogen-bond donors (Lipinski definition) is 2. The fraction of sp³-hybridized carbons (Fsp3) is 0.333. The molecule has 1 aliphatic heterocycles. The Bertz CT molecular complexity index is 901. The van der Waals surface area contributed by atoms with Crippen LogP contribution >= 0.6 is 24.0 Å². The minimum absolute atomic E-state index is 0. The van der Waals surface area contributed by atoms with Crippen LogP contribution in [-0.4, -0.2) is 57.0 Å². The van der Waals surface area contributed by atoms with Gasteiger partial charge in [0.1, 0.15) is 11.6 Å². The summed E-state index contributed by atoms with van der Waals surface area (Å²) in [6, 6.07) is 10.9. The minimum Gasteiger partial charge on any atom is -0.366 e. The summed E-state index contributed by atoms with van der Waals surface area (Å²) in [6.45, 7) is 2.92. The highest BCUT2D eigenvalue weighted by atomic mass is 127. The van der Waals surface area contributed by atoms with Gasteiger partial charge in [-0.2, -0.15) is 0 Å². The summed E-state index contributed by atoms with van der Waals surface area (Å²) in [7, 11) is 3.31. The van der Waals surface area contributed by atoms with E-state index >= 15 is 0 Å². The molecule has 1 saturated heterocycles. The topological polar surface area (TPSA) is 60.0 Å². The molecule has 9 heteroatoms. The lowest BCUT2D eigenvalue weighted by Crippen LogP contribution is -2.52. The molecule has 2 N–H and O–H groups in total. The molecule has 3 rings (SSSR count). The third-order valence-electron chi connectivity index (χ3n) is 4.91. The van der Waals surface area contributed by atoms with Gasteiger partial charge in [-0.3, -0.25) is 9.79 Å². The SMILES string of the molecule is CN=C(NCc1cccc(C(=O)NC)c1)N1CCN(c2cc(F)ccc2F)CC1.I. The number of benzene rings is 2. The van der Waals surface area contributed by atoms with E-state index in [4.69, 9.17) is 0 Å². The van der Waals surface area contributed by atoms with E-state index in [9.17, 15) is 13.6 Å². The van der Waals surface area contributed by atoms with Gasteiger partial charge in [0.2, 0.25) is 0 Å². The number of hydrogen-bond acceptors (Lipinski definition) is 3. The second-order valence-corrected chi connectivity index (χ2v) is 6.75. The van der Waals surface area contributed by atoms with E-state index in [0.29, 0.717) is 44.0 Å². The zero-order chi connectivity index (χ0) is 20.8.